The van der Waals surface area contributed by atoms with Gasteiger partial charge in [-0.05, 0) is 20.8 Å². The van der Waals surface area contributed by atoms with E-state index in [9.17, 15) is 8.42 Å². The fourth-order valence-corrected chi connectivity index (χ4v) is 3.35. The Morgan fingerprint density at radius 2 is 2.06 bits per heavy atom. The summed E-state index contributed by atoms with van der Waals surface area (Å²) in [6.07, 6.45) is 0. The van der Waals surface area contributed by atoms with Gasteiger partial charge in [-0.1, -0.05) is 12.2 Å². The lowest BCUT2D eigenvalue weighted by molar-refractivity contribution is 0.451. The van der Waals surface area contributed by atoms with Crippen LogP contribution in [0.5, 0.6) is 0 Å². The predicted molar refractivity (Wildman–Crippen MR) is 69.3 cm³/mol. The second-order valence-electron chi connectivity index (χ2n) is 3.86. The van der Waals surface area contributed by atoms with Crippen LogP contribution >= 0.6 is 12.2 Å². The number of H-pyrrole nitrogens is 1. The molecule has 0 aliphatic carbocycles. The Kier molecular flexibility index (Phi) is 3.90. The second-order valence-corrected chi connectivity index (χ2v) is 6.27. The lowest BCUT2D eigenvalue weighted by Crippen LogP contribution is -2.42. The number of aromatic amines is 1. The molecule has 1 heterocycles. The zero-order valence-corrected chi connectivity index (χ0v) is 11.8. The molecule has 0 saturated carbocycles. The molecule has 0 amide bonds. The van der Waals surface area contributed by atoms with Crippen molar-refractivity contribution < 1.29 is 8.42 Å². The lowest BCUT2D eigenvalue weighted by atomic mass is 10.3. The van der Waals surface area contributed by atoms with Crippen molar-refractivity contribution in [3.8, 4) is 0 Å². The molecule has 1 aromatic heterocycles. The van der Waals surface area contributed by atoms with Crippen molar-refractivity contribution in [1.29, 1.82) is 0 Å². The van der Waals surface area contributed by atoms with Gasteiger partial charge >= 0.3 is 0 Å². The average molecular weight is 276 g/mol. The van der Waals surface area contributed by atoms with Crippen LogP contribution in [0.25, 0.3) is 0 Å². The summed E-state index contributed by atoms with van der Waals surface area (Å²) in [5, 5.41) is 6.52. The molecule has 1 aromatic rings. The number of aryl methyl sites for hydroxylation is 2. The largest absolute Gasteiger partial charge is 0.392 e. The SMILES string of the molecule is Cc1n[nH]c(C)c1S(=O)(=O)N(C)C(C)C(N)=S. The summed E-state index contributed by atoms with van der Waals surface area (Å²) in [5.41, 5.74) is 6.40. The van der Waals surface area contributed by atoms with Gasteiger partial charge in [-0.25, -0.2) is 8.42 Å². The summed E-state index contributed by atoms with van der Waals surface area (Å²) in [5.74, 6) is 0. The van der Waals surface area contributed by atoms with Gasteiger partial charge in [0.05, 0.1) is 22.4 Å². The van der Waals surface area contributed by atoms with Crippen LogP contribution in [0.3, 0.4) is 0 Å². The molecule has 17 heavy (non-hydrogen) atoms. The Hall–Kier alpha value is -0.990. The number of nitrogens with one attached hydrogen (secondary N) is 1. The lowest BCUT2D eigenvalue weighted by Gasteiger charge is -2.23. The number of hydrogen-bond acceptors (Lipinski definition) is 4. The van der Waals surface area contributed by atoms with Gasteiger partial charge in [0.15, 0.2) is 0 Å². The first-order valence-electron chi connectivity index (χ1n) is 4.98. The quantitative estimate of drug-likeness (QED) is 0.773. The normalized spacial score (nSPS) is 13.9. The number of hydrogen-bond donors (Lipinski definition) is 2. The molecule has 1 rings (SSSR count). The van der Waals surface area contributed by atoms with Crippen molar-refractivity contribution >= 4 is 27.2 Å². The van der Waals surface area contributed by atoms with Crippen LogP contribution in [0.1, 0.15) is 18.3 Å². The summed E-state index contributed by atoms with van der Waals surface area (Å²) in [6.45, 7) is 4.94. The maximum absolute atomic E-state index is 12.3. The topological polar surface area (TPSA) is 92.1 Å². The Bertz CT molecular complexity index is 516. The molecule has 0 aromatic carbocycles. The molecule has 8 heteroatoms. The number of nitrogens with zero attached hydrogens (tertiary/aromatic N) is 2. The molecular weight excluding hydrogens is 260 g/mol. The van der Waals surface area contributed by atoms with E-state index in [4.69, 9.17) is 18.0 Å². The van der Waals surface area contributed by atoms with Gasteiger partial charge in [0.25, 0.3) is 0 Å². The minimum atomic E-state index is -3.63. The fourth-order valence-electron chi connectivity index (χ4n) is 1.45. The number of nitrogens with two attached hydrogens (primary N) is 1. The van der Waals surface area contributed by atoms with Crippen LogP contribution in [0.4, 0.5) is 0 Å². The molecule has 6 nitrogen and oxygen atoms in total. The van der Waals surface area contributed by atoms with E-state index in [0.29, 0.717) is 11.4 Å². The molecule has 0 aliphatic heterocycles. The first-order valence-corrected chi connectivity index (χ1v) is 6.83. The maximum atomic E-state index is 12.3. The Morgan fingerprint density at radius 3 is 2.41 bits per heavy atom. The summed E-state index contributed by atoms with van der Waals surface area (Å²) < 4.78 is 25.8. The van der Waals surface area contributed by atoms with Crippen LogP contribution in [0, 0.1) is 13.8 Å². The smallest absolute Gasteiger partial charge is 0.247 e. The van der Waals surface area contributed by atoms with Crippen LogP contribution in [-0.4, -0.2) is 41.0 Å². The summed E-state index contributed by atoms with van der Waals surface area (Å²) in [7, 11) is -2.18. The zero-order valence-electron chi connectivity index (χ0n) is 10.2. The monoisotopic (exact) mass is 276 g/mol. The minimum Gasteiger partial charge on any atom is -0.392 e. The van der Waals surface area contributed by atoms with E-state index in [2.05, 4.69) is 10.2 Å². The highest BCUT2D eigenvalue weighted by Gasteiger charge is 2.30. The Labute approximate surface area is 106 Å². The van der Waals surface area contributed by atoms with Gasteiger partial charge in [-0.2, -0.15) is 9.40 Å². The van der Waals surface area contributed by atoms with E-state index < -0.39 is 16.1 Å². The number of aromatic nitrogens is 2. The van der Waals surface area contributed by atoms with Gasteiger partial charge in [-0.3, -0.25) is 5.10 Å². The van der Waals surface area contributed by atoms with Crippen LogP contribution in [0.2, 0.25) is 0 Å². The van der Waals surface area contributed by atoms with Crippen molar-refractivity contribution in [2.45, 2.75) is 31.7 Å². The standard InChI is InChI=1S/C9H16N4O2S2/c1-5-8(6(2)12-11-5)17(14,15)13(4)7(3)9(10)16/h7H,1-4H3,(H2,10,16)(H,11,12). The molecule has 0 bridgehead atoms. The molecule has 0 spiro atoms. The van der Waals surface area contributed by atoms with E-state index in [1.54, 1.807) is 20.8 Å². The van der Waals surface area contributed by atoms with E-state index in [1.165, 1.54) is 7.05 Å². The first kappa shape index (κ1) is 14.1. The predicted octanol–water partition coefficient (Wildman–Crippen LogP) is 0.322. The summed E-state index contributed by atoms with van der Waals surface area (Å²) in [4.78, 5) is 0.318. The molecule has 0 saturated heterocycles. The molecular formula is C9H16N4O2S2. The van der Waals surface area contributed by atoms with Crippen molar-refractivity contribution in [2.75, 3.05) is 7.05 Å². The van der Waals surface area contributed by atoms with E-state index in [0.717, 1.165) is 4.31 Å². The molecule has 0 radical (unpaired) electrons. The number of likely N-dealkylation sites (N-methyl/N-ethyl adjacent to an activating group) is 1. The summed E-state index contributed by atoms with van der Waals surface area (Å²) >= 11 is 4.81. The van der Waals surface area contributed by atoms with Gasteiger partial charge in [0, 0.05) is 7.05 Å². The number of rotatable bonds is 4. The Morgan fingerprint density at radius 1 is 1.53 bits per heavy atom. The molecule has 1 unspecified atom stereocenters. The van der Waals surface area contributed by atoms with Crippen LogP contribution in [0.15, 0.2) is 4.90 Å². The minimum absolute atomic E-state index is 0.134. The first-order chi connectivity index (χ1) is 7.69. The third-order valence-electron chi connectivity index (χ3n) is 2.65. The summed E-state index contributed by atoms with van der Waals surface area (Å²) in [6, 6.07) is -0.538. The van der Waals surface area contributed by atoms with Gasteiger partial charge < -0.3 is 5.73 Å². The van der Waals surface area contributed by atoms with E-state index >= 15 is 0 Å². The second kappa shape index (κ2) is 4.71. The van der Waals surface area contributed by atoms with Crippen LogP contribution in [-0.2, 0) is 10.0 Å². The molecule has 1 atom stereocenters. The highest BCUT2D eigenvalue weighted by Crippen LogP contribution is 2.21. The van der Waals surface area contributed by atoms with Crippen molar-refractivity contribution in [1.82, 2.24) is 14.5 Å². The van der Waals surface area contributed by atoms with Crippen molar-refractivity contribution in [3.05, 3.63) is 11.4 Å². The zero-order chi connectivity index (χ0) is 13.4. The highest BCUT2D eigenvalue weighted by molar-refractivity contribution is 7.89. The third-order valence-corrected chi connectivity index (χ3v) is 5.19. The van der Waals surface area contributed by atoms with Gasteiger partial charge in [-0.15, -0.1) is 0 Å². The number of thiocarbonyl (C=S) groups is 1. The van der Waals surface area contributed by atoms with E-state index in [-0.39, 0.29) is 9.88 Å². The van der Waals surface area contributed by atoms with Crippen molar-refractivity contribution in [2.24, 2.45) is 5.73 Å². The molecule has 0 aliphatic rings. The molecule has 96 valence electrons. The van der Waals surface area contributed by atoms with Gasteiger partial charge in [0.2, 0.25) is 10.0 Å². The molecule has 0 fully saturated rings. The number of sulfonamides is 1. The van der Waals surface area contributed by atoms with E-state index in [1.807, 2.05) is 0 Å². The van der Waals surface area contributed by atoms with Gasteiger partial charge in [0.1, 0.15) is 4.90 Å². The maximum Gasteiger partial charge on any atom is 0.247 e. The average Bonchev–Trinajstić information content (AvgIpc) is 2.56. The molecule has 3 N–H and O–H groups in total. The van der Waals surface area contributed by atoms with Crippen molar-refractivity contribution in [3.63, 3.8) is 0 Å². The Balaban J connectivity index is 3.26. The third kappa shape index (κ3) is 2.48. The fraction of sp³-hybridized carbons (Fsp3) is 0.556. The van der Waals surface area contributed by atoms with Crippen LogP contribution < -0.4 is 5.73 Å². The highest BCUT2D eigenvalue weighted by atomic mass is 32.2.